The van der Waals surface area contributed by atoms with Crippen LogP contribution in [0.15, 0.2) is 47.4 Å². The maximum atomic E-state index is 12.4. The second kappa shape index (κ2) is 6.79. The van der Waals surface area contributed by atoms with Crippen LogP contribution in [0.3, 0.4) is 0 Å². The van der Waals surface area contributed by atoms with Gasteiger partial charge in [-0.25, -0.2) is 0 Å². The minimum Gasteiger partial charge on any atom is -0.322 e. The molecular formula is C18H21N3O2. The maximum absolute atomic E-state index is 12.4. The summed E-state index contributed by atoms with van der Waals surface area (Å²) >= 11 is 0. The number of pyridine rings is 1. The highest BCUT2D eigenvalue weighted by molar-refractivity contribution is 6.04. The van der Waals surface area contributed by atoms with E-state index in [9.17, 15) is 9.59 Å². The number of amides is 1. The fourth-order valence-electron chi connectivity index (χ4n) is 2.88. The zero-order valence-electron chi connectivity index (χ0n) is 13.3. The minimum absolute atomic E-state index is 0.129. The number of anilines is 1. The van der Waals surface area contributed by atoms with Crippen molar-refractivity contribution in [1.29, 1.82) is 0 Å². The van der Waals surface area contributed by atoms with Crippen molar-refractivity contribution in [3.8, 4) is 0 Å². The van der Waals surface area contributed by atoms with Gasteiger partial charge in [0.2, 0.25) is 5.56 Å². The monoisotopic (exact) mass is 311 g/mol. The lowest BCUT2D eigenvalue weighted by molar-refractivity contribution is 0.102. The largest absolute Gasteiger partial charge is 0.322 e. The molecule has 2 aromatic rings. The molecule has 0 radical (unpaired) electrons. The highest BCUT2D eigenvalue weighted by Crippen LogP contribution is 2.20. The Bertz CT molecular complexity index is 761. The second-order valence-corrected chi connectivity index (χ2v) is 5.96. The van der Waals surface area contributed by atoms with Crippen molar-refractivity contribution in [3.63, 3.8) is 0 Å². The van der Waals surface area contributed by atoms with E-state index in [1.165, 1.54) is 23.5 Å². The van der Waals surface area contributed by atoms with Crippen LogP contribution in [0.25, 0.3) is 0 Å². The van der Waals surface area contributed by atoms with Gasteiger partial charge in [0, 0.05) is 31.5 Å². The molecule has 0 aliphatic carbocycles. The van der Waals surface area contributed by atoms with Gasteiger partial charge in [-0.1, -0.05) is 18.2 Å². The van der Waals surface area contributed by atoms with E-state index in [2.05, 4.69) is 16.3 Å². The molecule has 0 saturated carbocycles. The lowest BCUT2D eigenvalue weighted by Gasteiger charge is -2.18. The number of aromatic nitrogens is 1. The van der Waals surface area contributed by atoms with E-state index < -0.39 is 0 Å². The molecule has 1 aromatic carbocycles. The molecular weight excluding hydrogens is 290 g/mol. The van der Waals surface area contributed by atoms with E-state index in [0.717, 1.165) is 30.9 Å². The molecule has 1 saturated heterocycles. The molecule has 120 valence electrons. The number of para-hydroxylation sites is 1. The van der Waals surface area contributed by atoms with E-state index in [1.54, 1.807) is 19.3 Å². The van der Waals surface area contributed by atoms with Gasteiger partial charge in [-0.15, -0.1) is 0 Å². The number of hydrogen-bond acceptors (Lipinski definition) is 3. The van der Waals surface area contributed by atoms with Gasteiger partial charge in [0.1, 0.15) is 0 Å². The molecule has 0 atom stereocenters. The normalized spacial score (nSPS) is 14.8. The first-order valence-electron chi connectivity index (χ1n) is 7.92. The Balaban J connectivity index is 1.77. The highest BCUT2D eigenvalue weighted by atomic mass is 16.2. The van der Waals surface area contributed by atoms with Gasteiger partial charge in [0.25, 0.3) is 5.91 Å². The first-order valence-corrected chi connectivity index (χ1v) is 7.92. The summed E-state index contributed by atoms with van der Waals surface area (Å²) in [7, 11) is 1.64. The standard InChI is InChI=1S/C18H21N3O2/c1-20-12-15(8-9-17(20)22)18(23)19-16-7-3-2-6-14(16)13-21-10-4-5-11-21/h2-3,6-9,12H,4-5,10-11,13H2,1H3,(H,19,23). The SMILES string of the molecule is Cn1cc(C(=O)Nc2ccccc2CN2CCCC2)ccc1=O. The third kappa shape index (κ3) is 3.68. The lowest BCUT2D eigenvalue weighted by Crippen LogP contribution is -2.22. The van der Waals surface area contributed by atoms with Crippen molar-refractivity contribution in [2.45, 2.75) is 19.4 Å². The summed E-state index contributed by atoms with van der Waals surface area (Å²) in [4.78, 5) is 26.3. The lowest BCUT2D eigenvalue weighted by atomic mass is 10.1. The zero-order valence-corrected chi connectivity index (χ0v) is 13.3. The third-order valence-corrected chi connectivity index (χ3v) is 4.21. The predicted octanol–water partition coefficient (Wildman–Crippen LogP) is 2.23. The first kappa shape index (κ1) is 15.5. The molecule has 1 amide bonds. The van der Waals surface area contributed by atoms with Gasteiger partial charge in [0.05, 0.1) is 5.56 Å². The second-order valence-electron chi connectivity index (χ2n) is 5.96. The molecule has 3 rings (SSSR count). The third-order valence-electron chi connectivity index (χ3n) is 4.21. The number of carbonyl (C=O) groups is 1. The van der Waals surface area contributed by atoms with Crippen LogP contribution < -0.4 is 10.9 Å². The van der Waals surface area contributed by atoms with Crippen LogP contribution in [0.1, 0.15) is 28.8 Å². The molecule has 5 heteroatoms. The van der Waals surface area contributed by atoms with Crippen molar-refractivity contribution >= 4 is 11.6 Å². The Morgan fingerprint density at radius 3 is 2.61 bits per heavy atom. The van der Waals surface area contributed by atoms with E-state index in [1.807, 2.05) is 18.2 Å². The fourth-order valence-corrected chi connectivity index (χ4v) is 2.88. The van der Waals surface area contributed by atoms with Gasteiger partial charge in [-0.05, 0) is 43.6 Å². The van der Waals surface area contributed by atoms with Gasteiger partial charge in [-0.2, -0.15) is 0 Å². The van der Waals surface area contributed by atoms with Crippen LogP contribution in [-0.2, 0) is 13.6 Å². The van der Waals surface area contributed by atoms with Crippen LogP contribution in [-0.4, -0.2) is 28.5 Å². The van der Waals surface area contributed by atoms with Crippen molar-refractivity contribution < 1.29 is 4.79 Å². The average molecular weight is 311 g/mol. The average Bonchev–Trinajstić information content (AvgIpc) is 3.05. The quantitative estimate of drug-likeness (QED) is 0.942. The molecule has 2 heterocycles. The number of nitrogens with zero attached hydrogens (tertiary/aromatic N) is 2. The first-order chi connectivity index (χ1) is 11.1. The molecule has 23 heavy (non-hydrogen) atoms. The minimum atomic E-state index is -0.200. The number of rotatable bonds is 4. The van der Waals surface area contributed by atoms with Crippen molar-refractivity contribution in [1.82, 2.24) is 9.47 Å². The summed E-state index contributed by atoms with van der Waals surface area (Å²) in [5, 5.41) is 2.97. The van der Waals surface area contributed by atoms with Crippen LogP contribution in [0.4, 0.5) is 5.69 Å². The van der Waals surface area contributed by atoms with E-state index in [-0.39, 0.29) is 11.5 Å². The summed E-state index contributed by atoms with van der Waals surface area (Å²) in [6, 6.07) is 10.9. The van der Waals surface area contributed by atoms with Crippen LogP contribution >= 0.6 is 0 Å². The number of nitrogens with one attached hydrogen (secondary N) is 1. The van der Waals surface area contributed by atoms with E-state index in [4.69, 9.17) is 0 Å². The topological polar surface area (TPSA) is 54.3 Å². The molecule has 1 N–H and O–H groups in total. The summed E-state index contributed by atoms with van der Waals surface area (Å²) < 4.78 is 1.41. The summed E-state index contributed by atoms with van der Waals surface area (Å²) in [6.07, 6.45) is 4.04. The fraction of sp³-hybridized carbons (Fsp3) is 0.333. The number of likely N-dealkylation sites (tertiary alicyclic amines) is 1. The summed E-state index contributed by atoms with van der Waals surface area (Å²) in [6.45, 7) is 3.08. The van der Waals surface area contributed by atoms with Crippen molar-refractivity contribution in [2.75, 3.05) is 18.4 Å². The molecule has 0 bridgehead atoms. The Kier molecular flexibility index (Phi) is 4.57. The van der Waals surface area contributed by atoms with Crippen LogP contribution in [0, 0.1) is 0 Å². The molecule has 0 spiro atoms. The number of carbonyl (C=O) groups excluding carboxylic acids is 1. The van der Waals surface area contributed by atoms with Crippen LogP contribution in [0.5, 0.6) is 0 Å². The Morgan fingerprint density at radius 1 is 1.13 bits per heavy atom. The van der Waals surface area contributed by atoms with Gasteiger partial charge < -0.3 is 9.88 Å². The Morgan fingerprint density at radius 2 is 1.87 bits per heavy atom. The number of benzene rings is 1. The van der Waals surface area contributed by atoms with E-state index >= 15 is 0 Å². The predicted molar refractivity (Wildman–Crippen MR) is 90.6 cm³/mol. The molecule has 5 nitrogen and oxygen atoms in total. The van der Waals surface area contributed by atoms with Gasteiger partial charge >= 0.3 is 0 Å². The van der Waals surface area contributed by atoms with E-state index in [0.29, 0.717) is 5.56 Å². The van der Waals surface area contributed by atoms with Gasteiger partial charge in [-0.3, -0.25) is 14.5 Å². The molecule has 1 aliphatic heterocycles. The van der Waals surface area contributed by atoms with Crippen molar-refractivity contribution in [2.24, 2.45) is 7.05 Å². The molecule has 1 fully saturated rings. The summed E-state index contributed by atoms with van der Waals surface area (Å²) in [5.41, 5.74) is 2.30. The maximum Gasteiger partial charge on any atom is 0.257 e. The Hall–Kier alpha value is -2.40. The Labute approximate surface area is 135 Å². The molecule has 1 aliphatic rings. The molecule has 1 aromatic heterocycles. The summed E-state index contributed by atoms with van der Waals surface area (Å²) in [5.74, 6) is -0.200. The molecule has 0 unspecified atom stereocenters. The smallest absolute Gasteiger partial charge is 0.257 e. The zero-order chi connectivity index (χ0) is 16.2. The number of hydrogen-bond donors (Lipinski definition) is 1. The van der Waals surface area contributed by atoms with Gasteiger partial charge in [0.15, 0.2) is 0 Å². The van der Waals surface area contributed by atoms with Crippen LogP contribution in [0.2, 0.25) is 0 Å². The number of aryl methyl sites for hydroxylation is 1. The van der Waals surface area contributed by atoms with Crippen molar-refractivity contribution in [3.05, 3.63) is 64.1 Å². The highest BCUT2D eigenvalue weighted by Gasteiger charge is 2.15.